The van der Waals surface area contributed by atoms with E-state index in [0.29, 0.717) is 12.8 Å². The summed E-state index contributed by atoms with van der Waals surface area (Å²) >= 11 is 0. The first-order valence-electron chi connectivity index (χ1n) is 17.5. The van der Waals surface area contributed by atoms with Gasteiger partial charge in [-0.15, -0.1) is 0 Å². The summed E-state index contributed by atoms with van der Waals surface area (Å²) in [5, 5.41) is 9.68. The lowest BCUT2D eigenvalue weighted by Crippen LogP contribution is -2.30. The molecule has 0 aromatic rings. The summed E-state index contributed by atoms with van der Waals surface area (Å²) in [5.41, 5.74) is 0. The van der Waals surface area contributed by atoms with Gasteiger partial charge in [0.15, 0.2) is 6.10 Å². The van der Waals surface area contributed by atoms with Crippen LogP contribution >= 0.6 is 15.6 Å². The van der Waals surface area contributed by atoms with Gasteiger partial charge in [0, 0.05) is 12.8 Å². The molecule has 4 N–H and O–H groups in total. The molecule has 0 fully saturated rings. The highest BCUT2D eigenvalue weighted by Crippen LogP contribution is 2.43. The lowest BCUT2D eigenvalue weighted by Gasteiger charge is -2.20. The smallest absolute Gasteiger partial charge is 0.462 e. The molecule has 0 bridgehead atoms. The Morgan fingerprint density at radius 2 is 1.02 bits per heavy atom. The van der Waals surface area contributed by atoms with Crippen molar-refractivity contribution in [3.8, 4) is 0 Å². The Kier molecular flexibility index (Phi) is 27.4. The molecule has 0 aromatic carbocycles. The van der Waals surface area contributed by atoms with Gasteiger partial charge < -0.3 is 29.3 Å². The third kappa shape index (κ3) is 30.9. The maximum Gasteiger partial charge on any atom is 0.472 e. The van der Waals surface area contributed by atoms with Crippen LogP contribution in [0.3, 0.4) is 0 Å². The van der Waals surface area contributed by atoms with Crippen LogP contribution in [-0.4, -0.2) is 70.4 Å². The minimum Gasteiger partial charge on any atom is -0.462 e. The zero-order valence-electron chi connectivity index (χ0n) is 29.2. The number of carbonyl (C=O) groups is 2. The highest BCUT2D eigenvalue weighted by Gasteiger charge is 2.28. The minimum absolute atomic E-state index is 0.133. The average Bonchev–Trinajstić information content (AvgIpc) is 3.02. The van der Waals surface area contributed by atoms with E-state index in [1.54, 1.807) is 0 Å². The van der Waals surface area contributed by atoms with Gasteiger partial charge in [-0.25, -0.2) is 9.13 Å². The monoisotopic (exact) mass is 718 g/mol. The van der Waals surface area contributed by atoms with E-state index in [2.05, 4.69) is 36.7 Å². The molecule has 0 rings (SSSR count). The number of unbranched alkanes of at least 4 members (excludes halogenated alkanes) is 10. The van der Waals surface area contributed by atoms with Crippen LogP contribution in [0.25, 0.3) is 0 Å². The van der Waals surface area contributed by atoms with Crippen LogP contribution in [0.5, 0.6) is 0 Å². The van der Waals surface area contributed by atoms with Crippen molar-refractivity contribution in [3.05, 3.63) is 0 Å². The summed E-state index contributed by atoms with van der Waals surface area (Å²) in [6.45, 7) is 6.23. The van der Waals surface area contributed by atoms with Crippen molar-refractivity contribution >= 4 is 27.6 Å². The third-order valence-electron chi connectivity index (χ3n) is 8.07. The van der Waals surface area contributed by atoms with E-state index in [1.165, 1.54) is 44.9 Å². The lowest BCUT2D eigenvalue weighted by atomic mass is 10.00. The molecule has 0 aliphatic heterocycles. The van der Waals surface area contributed by atoms with E-state index in [9.17, 15) is 28.7 Å². The molecule has 0 amide bonds. The van der Waals surface area contributed by atoms with E-state index in [-0.39, 0.29) is 19.4 Å². The van der Waals surface area contributed by atoms with E-state index >= 15 is 0 Å². The van der Waals surface area contributed by atoms with E-state index in [1.807, 2.05) is 0 Å². The number of aliphatic hydroxyl groups is 1. The van der Waals surface area contributed by atoms with Gasteiger partial charge in [0.25, 0.3) is 0 Å². The Morgan fingerprint density at radius 3 is 1.51 bits per heavy atom. The van der Waals surface area contributed by atoms with Crippen molar-refractivity contribution in [2.75, 3.05) is 26.4 Å². The van der Waals surface area contributed by atoms with Crippen LogP contribution < -0.4 is 0 Å². The van der Waals surface area contributed by atoms with Gasteiger partial charge in [0.1, 0.15) is 12.7 Å². The molecule has 47 heavy (non-hydrogen) atoms. The van der Waals surface area contributed by atoms with Gasteiger partial charge in [-0.1, -0.05) is 118 Å². The maximum atomic E-state index is 12.5. The predicted molar refractivity (Wildman–Crippen MR) is 179 cm³/mol. The molecular weight excluding hydrogens is 654 g/mol. The fourth-order valence-corrected chi connectivity index (χ4v) is 5.75. The molecule has 0 saturated heterocycles. The van der Waals surface area contributed by atoms with Crippen LogP contribution in [-0.2, 0) is 41.8 Å². The van der Waals surface area contributed by atoms with Gasteiger partial charge in [-0.2, -0.15) is 0 Å². The molecule has 0 aliphatic carbocycles. The molecule has 3 unspecified atom stereocenters. The Morgan fingerprint density at radius 1 is 0.596 bits per heavy atom. The van der Waals surface area contributed by atoms with Gasteiger partial charge in [0.2, 0.25) is 0 Å². The van der Waals surface area contributed by atoms with Crippen molar-refractivity contribution in [3.63, 3.8) is 0 Å². The van der Waals surface area contributed by atoms with Crippen molar-refractivity contribution in [2.45, 2.75) is 155 Å². The molecule has 15 heteroatoms. The second-order valence-corrected chi connectivity index (χ2v) is 15.3. The van der Waals surface area contributed by atoms with Gasteiger partial charge in [-0.05, 0) is 24.7 Å². The molecule has 0 radical (unpaired) electrons. The average molecular weight is 719 g/mol. The molecule has 0 saturated carbocycles. The highest BCUT2D eigenvalue weighted by atomic mass is 31.2. The normalized spacial score (nSPS) is 15.8. The fourth-order valence-electron chi connectivity index (χ4n) is 4.59. The van der Waals surface area contributed by atoms with Crippen LogP contribution in [0.2, 0.25) is 0 Å². The number of aliphatic hydroxyl groups excluding tert-OH is 1. The summed E-state index contributed by atoms with van der Waals surface area (Å²) in [4.78, 5) is 52.2. The molecule has 280 valence electrons. The third-order valence-corrected chi connectivity index (χ3v) is 9.50. The largest absolute Gasteiger partial charge is 0.472 e. The second-order valence-electron chi connectivity index (χ2n) is 12.6. The maximum absolute atomic E-state index is 12.5. The van der Waals surface area contributed by atoms with Crippen LogP contribution in [0.1, 0.15) is 143 Å². The van der Waals surface area contributed by atoms with Gasteiger partial charge in [-0.3, -0.25) is 23.2 Å². The Bertz CT molecular complexity index is 898. The van der Waals surface area contributed by atoms with Crippen LogP contribution in [0, 0.1) is 11.8 Å². The van der Waals surface area contributed by atoms with Crippen LogP contribution in [0.4, 0.5) is 0 Å². The van der Waals surface area contributed by atoms with Crippen molar-refractivity contribution < 1.29 is 61.6 Å². The molecule has 0 aliphatic rings. The molecule has 0 spiro atoms. The zero-order chi connectivity index (χ0) is 35.6. The van der Waals surface area contributed by atoms with Crippen molar-refractivity contribution in [1.82, 2.24) is 0 Å². The summed E-state index contributed by atoms with van der Waals surface area (Å²) in [7, 11) is -9.64. The number of hydrogen-bond donors (Lipinski definition) is 4. The Hall–Kier alpha value is -0.880. The quantitative estimate of drug-likeness (QED) is 0.0306. The van der Waals surface area contributed by atoms with Crippen molar-refractivity contribution in [2.24, 2.45) is 11.8 Å². The molecule has 13 nitrogen and oxygen atoms in total. The number of hydrogen-bond acceptors (Lipinski definition) is 10. The van der Waals surface area contributed by atoms with Gasteiger partial charge >= 0.3 is 27.6 Å². The summed E-state index contributed by atoms with van der Waals surface area (Å²) in [6.07, 6.45) is 14.4. The van der Waals surface area contributed by atoms with E-state index < -0.39 is 59.6 Å². The van der Waals surface area contributed by atoms with Gasteiger partial charge in [0.05, 0.1) is 19.8 Å². The Labute approximate surface area is 282 Å². The number of rotatable bonds is 32. The lowest BCUT2D eigenvalue weighted by molar-refractivity contribution is -0.161. The number of carbonyl (C=O) groups excluding carboxylic acids is 2. The zero-order valence-corrected chi connectivity index (χ0v) is 31.0. The molecular formula is C32H64O13P2. The molecule has 0 aromatic heterocycles. The fraction of sp³-hybridized carbons (Fsp3) is 0.938. The topological polar surface area (TPSA) is 195 Å². The Balaban J connectivity index is 4.67. The summed E-state index contributed by atoms with van der Waals surface area (Å²) in [6, 6.07) is 0. The first-order chi connectivity index (χ1) is 22.2. The van der Waals surface area contributed by atoms with E-state index in [0.717, 1.165) is 56.8 Å². The molecule has 0 heterocycles. The first kappa shape index (κ1) is 46.1. The number of ether oxygens (including phenoxy) is 2. The second kappa shape index (κ2) is 27.9. The predicted octanol–water partition coefficient (Wildman–Crippen LogP) is 7.38. The highest BCUT2D eigenvalue weighted by molar-refractivity contribution is 7.47. The number of phosphoric ester groups is 2. The minimum atomic E-state index is -4.85. The SMILES string of the molecule is CCC(C)CCCCCCCCC(=O)OC[C@H](COP(=O)(O)OC[C@@H](O)COP(=O)(O)O)OC(=O)CCCCCCCCC(C)CC. The number of phosphoric acid groups is 2. The van der Waals surface area contributed by atoms with Crippen molar-refractivity contribution in [1.29, 1.82) is 0 Å². The summed E-state index contributed by atoms with van der Waals surface area (Å²) in [5.74, 6) is 0.462. The molecule has 5 atom stereocenters. The van der Waals surface area contributed by atoms with Crippen LogP contribution in [0.15, 0.2) is 0 Å². The first-order valence-corrected chi connectivity index (χ1v) is 20.5. The standard InChI is InChI=1S/C32H64O13P2/c1-5-27(3)19-15-11-7-9-13-17-21-31(34)41-25-30(26-44-47(39,40)43-24-29(33)23-42-46(36,37)38)45-32(35)22-18-14-10-8-12-16-20-28(4)6-2/h27-30,33H,5-26H2,1-4H3,(H,39,40)(H2,36,37,38)/t27?,28?,29-,30+/m0/s1. The summed E-state index contributed by atoms with van der Waals surface area (Å²) < 4.78 is 47.4. The number of esters is 2. The van der Waals surface area contributed by atoms with E-state index in [4.69, 9.17) is 23.8 Å².